The van der Waals surface area contributed by atoms with E-state index in [4.69, 9.17) is 9.47 Å². The van der Waals surface area contributed by atoms with Gasteiger partial charge in [0.25, 0.3) is 0 Å². The van der Waals surface area contributed by atoms with Crippen molar-refractivity contribution < 1.29 is 61.8 Å². The molecule has 0 aliphatic heterocycles. The molecule has 32 heavy (non-hydrogen) atoms. The maximum absolute atomic E-state index is 14.0. The summed E-state index contributed by atoms with van der Waals surface area (Å²) >= 11 is 0. The Balaban J connectivity index is 1.82. The zero-order chi connectivity index (χ0) is 24.3. The van der Waals surface area contributed by atoms with Crippen molar-refractivity contribution >= 4 is 20.2 Å². The van der Waals surface area contributed by atoms with Crippen LogP contribution in [0.3, 0.4) is 0 Å². The predicted octanol–water partition coefficient (Wildman–Crippen LogP) is 2.12. The SMILES string of the molecule is O=S(=O)([O-])C(F)(F)C(F)COC1(OCC(F)C(F)(F)S(=O)(=O)[O-])C2CC3CC(C2)CC1C3. The van der Waals surface area contributed by atoms with E-state index in [2.05, 4.69) is 0 Å². The Labute approximate surface area is 180 Å². The molecule has 4 bridgehead atoms. The summed E-state index contributed by atoms with van der Waals surface area (Å²) in [5.74, 6) is -3.17. The van der Waals surface area contributed by atoms with E-state index in [-0.39, 0.29) is 11.8 Å². The Hall–Kier alpha value is -0.680. The van der Waals surface area contributed by atoms with Crippen molar-refractivity contribution in [2.45, 2.75) is 60.7 Å². The summed E-state index contributed by atoms with van der Waals surface area (Å²) in [6.07, 6.45) is -5.07. The highest BCUT2D eigenvalue weighted by Gasteiger charge is 2.61. The molecule has 2 unspecified atom stereocenters. The molecule has 0 aromatic rings. The summed E-state index contributed by atoms with van der Waals surface area (Å²) in [6, 6.07) is 0. The normalized spacial score (nSPS) is 35.1. The summed E-state index contributed by atoms with van der Waals surface area (Å²) in [5.41, 5.74) is 0. The minimum Gasteiger partial charge on any atom is -0.743 e. The molecule has 0 heterocycles. The second kappa shape index (κ2) is 8.22. The van der Waals surface area contributed by atoms with Crippen molar-refractivity contribution in [3.63, 3.8) is 0 Å². The number of ether oxygens (including phenoxy) is 2. The number of halogens is 6. The maximum Gasteiger partial charge on any atom is 0.367 e. The van der Waals surface area contributed by atoms with E-state index >= 15 is 0 Å². The van der Waals surface area contributed by atoms with Gasteiger partial charge in [0.2, 0.25) is 12.3 Å². The van der Waals surface area contributed by atoms with Gasteiger partial charge in [-0.1, -0.05) is 0 Å². The van der Waals surface area contributed by atoms with Gasteiger partial charge in [-0.05, 0) is 43.9 Å². The van der Waals surface area contributed by atoms with Gasteiger partial charge in [0, 0.05) is 11.8 Å². The predicted molar refractivity (Wildman–Crippen MR) is 90.8 cm³/mol. The van der Waals surface area contributed by atoms with Gasteiger partial charge in [-0.2, -0.15) is 17.6 Å². The van der Waals surface area contributed by atoms with E-state index in [0.29, 0.717) is 25.7 Å². The Bertz CT molecular complexity index is 841. The standard InChI is InChI=1S/C16H22F6O8S2/c17-12(15(19,20)31(23,24)25)6-29-14(30-7-13(18)16(21,22)32(26,27)28)10-2-8-1-9(4-10)5-11(14)3-8/h8-13H,1-7H2,(H,23,24,25)(H,26,27,28)/p-2. The van der Waals surface area contributed by atoms with Crippen LogP contribution in [0.25, 0.3) is 0 Å². The first kappa shape index (κ1) is 25.9. The third-order valence-corrected chi connectivity index (χ3v) is 8.43. The number of rotatable bonds is 10. The summed E-state index contributed by atoms with van der Waals surface area (Å²) in [7, 11) is -12.8. The van der Waals surface area contributed by atoms with Gasteiger partial charge in [-0.15, -0.1) is 0 Å². The van der Waals surface area contributed by atoms with Gasteiger partial charge in [-0.25, -0.2) is 25.6 Å². The van der Waals surface area contributed by atoms with Gasteiger partial charge in [0.1, 0.15) is 0 Å². The molecular weight excluding hydrogens is 498 g/mol. The fourth-order valence-electron chi connectivity index (χ4n) is 5.27. The third-order valence-electron chi connectivity index (χ3n) is 6.58. The highest BCUT2D eigenvalue weighted by molar-refractivity contribution is 7.87. The number of alkyl halides is 6. The maximum atomic E-state index is 14.0. The lowest BCUT2D eigenvalue weighted by atomic mass is 9.53. The quantitative estimate of drug-likeness (QED) is 0.244. The molecule has 0 N–H and O–H groups in total. The van der Waals surface area contributed by atoms with Crippen LogP contribution in [0.1, 0.15) is 32.1 Å². The molecule has 0 aromatic heterocycles. The van der Waals surface area contributed by atoms with Crippen LogP contribution < -0.4 is 0 Å². The molecule has 0 aromatic carbocycles. The zero-order valence-corrected chi connectivity index (χ0v) is 17.9. The Morgan fingerprint density at radius 3 is 1.34 bits per heavy atom. The zero-order valence-electron chi connectivity index (χ0n) is 16.3. The summed E-state index contributed by atoms with van der Waals surface area (Å²) in [6.45, 7) is -3.35. The van der Waals surface area contributed by atoms with Crippen molar-refractivity contribution in [1.82, 2.24) is 0 Å². The summed E-state index contributed by atoms with van der Waals surface area (Å²) < 4.78 is 156. The average molecular weight is 518 g/mol. The molecule has 0 spiro atoms. The van der Waals surface area contributed by atoms with Crippen LogP contribution in [-0.2, 0) is 29.7 Å². The smallest absolute Gasteiger partial charge is 0.367 e. The van der Waals surface area contributed by atoms with Crippen molar-refractivity contribution in [3.8, 4) is 0 Å². The Kier molecular flexibility index (Phi) is 6.66. The molecule has 16 heteroatoms. The molecule has 4 fully saturated rings. The molecule has 0 amide bonds. The molecule has 4 aliphatic carbocycles. The molecule has 4 rings (SSSR count). The summed E-state index contributed by atoms with van der Waals surface area (Å²) in [4.78, 5) is 0. The fourth-order valence-corrected chi connectivity index (χ4v) is 6.03. The van der Waals surface area contributed by atoms with Crippen LogP contribution in [0.2, 0.25) is 0 Å². The van der Waals surface area contributed by atoms with Crippen LogP contribution in [0.5, 0.6) is 0 Å². The second-order valence-corrected chi connectivity index (χ2v) is 11.5. The number of hydrogen-bond donors (Lipinski definition) is 0. The Morgan fingerprint density at radius 1 is 0.750 bits per heavy atom. The van der Waals surface area contributed by atoms with E-state index in [1.54, 1.807) is 0 Å². The van der Waals surface area contributed by atoms with Gasteiger partial charge >= 0.3 is 10.5 Å². The van der Waals surface area contributed by atoms with Gasteiger partial charge in [-0.3, -0.25) is 0 Å². The first-order valence-electron chi connectivity index (χ1n) is 9.64. The van der Waals surface area contributed by atoms with Gasteiger partial charge in [0.15, 0.2) is 26.0 Å². The largest absolute Gasteiger partial charge is 0.743 e. The molecule has 188 valence electrons. The lowest BCUT2D eigenvalue weighted by Crippen LogP contribution is -2.62. The molecular formula is C16H20F6O8S2-2. The van der Waals surface area contributed by atoms with Crippen molar-refractivity contribution in [3.05, 3.63) is 0 Å². The molecule has 0 saturated heterocycles. The van der Waals surface area contributed by atoms with Crippen LogP contribution >= 0.6 is 0 Å². The monoisotopic (exact) mass is 518 g/mol. The van der Waals surface area contributed by atoms with Gasteiger partial charge in [0.05, 0.1) is 13.2 Å². The van der Waals surface area contributed by atoms with Crippen LogP contribution in [-0.4, -0.2) is 67.8 Å². The Morgan fingerprint density at radius 2 is 1.06 bits per heavy atom. The van der Waals surface area contributed by atoms with Crippen molar-refractivity contribution in [1.29, 1.82) is 0 Å². The minimum atomic E-state index is -6.40. The second-order valence-electron chi connectivity index (χ2n) is 8.61. The highest BCUT2D eigenvalue weighted by atomic mass is 32.2. The summed E-state index contributed by atoms with van der Waals surface area (Å²) in [5, 5.41) is -10.7. The molecule has 4 aliphatic rings. The van der Waals surface area contributed by atoms with E-state index in [9.17, 15) is 52.3 Å². The lowest BCUT2D eigenvalue weighted by molar-refractivity contribution is -0.349. The van der Waals surface area contributed by atoms with E-state index < -0.39 is 73.9 Å². The topological polar surface area (TPSA) is 133 Å². The minimum absolute atomic E-state index is 0.145. The molecule has 8 nitrogen and oxygen atoms in total. The third kappa shape index (κ3) is 4.37. The lowest BCUT2D eigenvalue weighted by Gasteiger charge is -2.60. The molecule has 2 atom stereocenters. The van der Waals surface area contributed by atoms with Crippen LogP contribution in [0.15, 0.2) is 0 Å². The van der Waals surface area contributed by atoms with E-state index in [0.717, 1.165) is 6.42 Å². The fraction of sp³-hybridized carbons (Fsp3) is 1.00. The van der Waals surface area contributed by atoms with Crippen LogP contribution in [0.4, 0.5) is 26.3 Å². The van der Waals surface area contributed by atoms with Crippen molar-refractivity contribution in [2.24, 2.45) is 23.7 Å². The molecule has 0 radical (unpaired) electrons. The highest BCUT2D eigenvalue weighted by Crippen LogP contribution is 2.60. The van der Waals surface area contributed by atoms with E-state index in [1.807, 2.05) is 0 Å². The van der Waals surface area contributed by atoms with Gasteiger partial charge < -0.3 is 18.6 Å². The first-order chi connectivity index (χ1) is 14.4. The first-order valence-corrected chi connectivity index (χ1v) is 12.5. The number of hydrogen-bond acceptors (Lipinski definition) is 8. The average Bonchev–Trinajstić information content (AvgIpc) is 2.64. The van der Waals surface area contributed by atoms with Crippen molar-refractivity contribution in [2.75, 3.05) is 13.2 Å². The van der Waals surface area contributed by atoms with Crippen LogP contribution in [0, 0.1) is 23.7 Å². The van der Waals surface area contributed by atoms with E-state index in [1.165, 1.54) is 0 Å². The molecule has 4 saturated carbocycles.